The van der Waals surface area contributed by atoms with Crippen LogP contribution in [0, 0.1) is 24.7 Å². The van der Waals surface area contributed by atoms with Crippen LogP contribution in [0.4, 0.5) is 0 Å². The number of carboxylic acid groups (broad SMARTS) is 1. The summed E-state index contributed by atoms with van der Waals surface area (Å²) in [6.07, 6.45) is -7.18. The lowest BCUT2D eigenvalue weighted by Crippen LogP contribution is -2.64. The average Bonchev–Trinajstić information content (AvgIpc) is 4.01. The van der Waals surface area contributed by atoms with Crippen molar-refractivity contribution < 1.29 is 73.4 Å². The molecule has 2 saturated heterocycles. The van der Waals surface area contributed by atoms with E-state index in [0.29, 0.717) is 25.1 Å². The number of aromatic nitrogens is 4. The van der Waals surface area contributed by atoms with Gasteiger partial charge >= 0.3 is 11.9 Å². The van der Waals surface area contributed by atoms with Crippen molar-refractivity contribution in [3.8, 4) is 0 Å². The fourth-order valence-corrected chi connectivity index (χ4v) is 10.9. The SMILES string of the molecule is Cc1ccc2c(ccn2CCCCn2cc(CCC(=O)C3CC(C)[C@@H](O[C@@H]4OC(C)[C@@H](O)[C@H](O)C4O)[C@H](O[C@@H]4O[C@@H](CO)[C@H](O)C(O[C@@H](CC5CCCCC5)C(=O)O)C4OC(=O)c4ccccc4)C3)nn2)c1. The molecule has 394 valence electrons. The number of aliphatic hydroxyl groups excluding tert-OH is 5. The van der Waals surface area contributed by atoms with Crippen LogP contribution in [0.2, 0.25) is 0 Å². The third kappa shape index (κ3) is 13.0. The van der Waals surface area contributed by atoms with Gasteiger partial charge in [0.05, 0.1) is 36.2 Å². The molecule has 2 aliphatic carbocycles. The molecule has 6 N–H and O–H groups in total. The maximum atomic E-state index is 14.3. The van der Waals surface area contributed by atoms with Crippen LogP contribution in [0.25, 0.3) is 10.9 Å². The van der Waals surface area contributed by atoms with Crippen LogP contribution < -0.4 is 0 Å². The van der Waals surface area contributed by atoms with E-state index >= 15 is 0 Å². The Morgan fingerprint density at radius 3 is 2.35 bits per heavy atom. The second-order valence-corrected chi connectivity index (χ2v) is 20.4. The highest BCUT2D eigenvalue weighted by molar-refractivity contribution is 5.89. The standard InChI is InChI=1S/C53H72N4O15/c1-30-16-18-38-35(24-30)20-23-56(38)21-10-11-22-57-28-37(54-55-57)17-19-39(59)36-25-31(2)47(72-52-46(63)45(62)43(60)32(3)67-52)40(27-36)69-53-49(71-51(66)34-14-8-5-9-15-34)48(44(61)42(29-58)70-53)68-41(50(64)65)26-33-12-6-4-7-13-33/h5,8-9,14-16,18,20,23-24,28,31-33,36,40-49,52-53,58,60-63H,4,6-7,10-13,17,19,21-22,25-27,29H2,1-3H3,(H,64,65)/t31?,32?,36?,40-,41+,42+,43-,44+,45+,46?,47-,48?,49?,52+,53-/m1/s1. The van der Waals surface area contributed by atoms with E-state index in [1.807, 2.05) is 13.1 Å². The van der Waals surface area contributed by atoms with Gasteiger partial charge in [0.25, 0.3) is 0 Å². The van der Waals surface area contributed by atoms with Gasteiger partial charge in [-0.3, -0.25) is 9.48 Å². The molecule has 0 bridgehead atoms. The molecule has 0 radical (unpaired) electrons. The van der Waals surface area contributed by atoms with Crippen LogP contribution in [0.5, 0.6) is 0 Å². The lowest BCUT2D eigenvalue weighted by Gasteiger charge is -2.48. The first kappa shape index (κ1) is 53.6. The fourth-order valence-electron chi connectivity index (χ4n) is 10.9. The number of ether oxygens (including phenoxy) is 6. The number of fused-ring (bicyclic) bond motifs is 1. The second-order valence-electron chi connectivity index (χ2n) is 20.4. The Labute approximate surface area is 419 Å². The summed E-state index contributed by atoms with van der Waals surface area (Å²) in [5.74, 6) is -3.26. The van der Waals surface area contributed by atoms with Gasteiger partial charge in [-0.25, -0.2) is 9.59 Å². The summed E-state index contributed by atoms with van der Waals surface area (Å²) in [6.45, 7) is 6.22. The van der Waals surface area contributed by atoms with Gasteiger partial charge in [-0.15, -0.1) is 5.10 Å². The summed E-state index contributed by atoms with van der Waals surface area (Å²) >= 11 is 0. The summed E-state index contributed by atoms with van der Waals surface area (Å²) in [6, 6.07) is 16.6. The predicted octanol–water partition coefficient (Wildman–Crippen LogP) is 4.28. The van der Waals surface area contributed by atoms with Crippen LogP contribution in [-0.2, 0) is 57.5 Å². The highest BCUT2D eigenvalue weighted by Crippen LogP contribution is 2.40. The van der Waals surface area contributed by atoms with E-state index in [-0.39, 0.29) is 36.5 Å². The van der Waals surface area contributed by atoms with Gasteiger partial charge in [-0.2, -0.15) is 0 Å². The number of carbonyl (C=O) groups is 3. The molecule has 4 aromatic rings. The largest absolute Gasteiger partial charge is 0.479 e. The molecule has 2 saturated carbocycles. The van der Waals surface area contributed by atoms with E-state index in [2.05, 4.69) is 52.3 Å². The molecule has 2 aromatic heterocycles. The number of aliphatic carboxylic acids is 1. The lowest BCUT2D eigenvalue weighted by molar-refractivity contribution is -0.349. The van der Waals surface area contributed by atoms with Crippen molar-refractivity contribution in [3.63, 3.8) is 0 Å². The van der Waals surface area contributed by atoms with Crippen molar-refractivity contribution in [2.24, 2.45) is 17.8 Å². The van der Waals surface area contributed by atoms with E-state index in [1.165, 1.54) is 35.5 Å². The zero-order valence-electron chi connectivity index (χ0n) is 41.3. The van der Waals surface area contributed by atoms with Gasteiger partial charge in [0.1, 0.15) is 42.4 Å². The number of carbonyl (C=O) groups excluding carboxylic acids is 2. The van der Waals surface area contributed by atoms with Gasteiger partial charge in [0.15, 0.2) is 24.8 Å². The summed E-state index contributed by atoms with van der Waals surface area (Å²) in [5, 5.41) is 74.9. The highest BCUT2D eigenvalue weighted by Gasteiger charge is 2.54. The average molecular weight is 1010 g/mol. The monoisotopic (exact) mass is 1000 g/mol. The number of nitrogens with zero attached hydrogens (tertiary/aromatic N) is 4. The molecule has 19 heteroatoms. The van der Waals surface area contributed by atoms with Crippen molar-refractivity contribution in [1.29, 1.82) is 0 Å². The molecular weight excluding hydrogens is 933 g/mol. The Balaban J connectivity index is 0.996. The molecule has 6 unspecified atom stereocenters. The Kier molecular flexibility index (Phi) is 18.3. The maximum Gasteiger partial charge on any atom is 0.338 e. The van der Waals surface area contributed by atoms with Gasteiger partial charge in [0, 0.05) is 49.8 Å². The number of hydrogen-bond acceptors (Lipinski definition) is 16. The number of aryl methyl sites for hydroxylation is 4. The Morgan fingerprint density at radius 2 is 1.60 bits per heavy atom. The molecule has 0 amide bonds. The first-order chi connectivity index (χ1) is 34.7. The molecule has 8 rings (SSSR count). The van der Waals surface area contributed by atoms with Crippen LogP contribution in [0.1, 0.15) is 106 Å². The van der Waals surface area contributed by atoms with E-state index in [9.17, 15) is 45.0 Å². The van der Waals surface area contributed by atoms with Gasteiger partial charge < -0.3 is 63.6 Å². The number of aliphatic hydroxyl groups is 5. The Bertz CT molecular complexity index is 2390. The number of unbranched alkanes of at least 4 members (excludes halogenated alkanes) is 1. The summed E-state index contributed by atoms with van der Waals surface area (Å²) in [4.78, 5) is 41.0. The summed E-state index contributed by atoms with van der Waals surface area (Å²) < 4.78 is 41.7. The quantitative estimate of drug-likeness (QED) is 0.0503. The molecule has 4 aliphatic rings. The normalized spacial score (nSPS) is 31.8. The van der Waals surface area contributed by atoms with Crippen molar-refractivity contribution in [2.75, 3.05) is 6.61 Å². The predicted molar refractivity (Wildman–Crippen MR) is 258 cm³/mol. The molecule has 15 atom stereocenters. The van der Waals surface area contributed by atoms with Crippen molar-refractivity contribution in [3.05, 3.63) is 83.8 Å². The molecule has 19 nitrogen and oxygen atoms in total. The number of hydrogen-bond donors (Lipinski definition) is 6. The minimum atomic E-state index is -1.68. The van der Waals surface area contributed by atoms with Crippen molar-refractivity contribution in [2.45, 2.75) is 191 Å². The smallest absolute Gasteiger partial charge is 0.338 e. The number of benzene rings is 2. The summed E-state index contributed by atoms with van der Waals surface area (Å²) in [5.41, 5.74) is 3.23. The van der Waals surface area contributed by atoms with Gasteiger partial charge in [-0.1, -0.05) is 74.1 Å². The molecule has 4 heterocycles. The van der Waals surface area contributed by atoms with E-state index in [4.69, 9.17) is 28.4 Å². The molecule has 4 fully saturated rings. The molecule has 72 heavy (non-hydrogen) atoms. The van der Waals surface area contributed by atoms with E-state index in [1.54, 1.807) is 22.9 Å². The van der Waals surface area contributed by atoms with Crippen molar-refractivity contribution >= 4 is 28.6 Å². The molecular formula is C53H72N4O15. The maximum absolute atomic E-state index is 14.3. The highest BCUT2D eigenvalue weighted by atomic mass is 16.7. The molecule has 2 aromatic carbocycles. The minimum Gasteiger partial charge on any atom is -0.479 e. The zero-order valence-corrected chi connectivity index (χ0v) is 41.3. The third-order valence-electron chi connectivity index (χ3n) is 15.1. The van der Waals surface area contributed by atoms with Crippen LogP contribution in [0.3, 0.4) is 0 Å². The van der Waals surface area contributed by atoms with Gasteiger partial charge in [-0.05, 0) is 93.5 Å². The Morgan fingerprint density at radius 1 is 0.833 bits per heavy atom. The topological polar surface area (TPSA) is 264 Å². The van der Waals surface area contributed by atoms with Gasteiger partial charge in [0.2, 0.25) is 0 Å². The number of rotatable bonds is 21. The second kappa shape index (κ2) is 24.6. The van der Waals surface area contributed by atoms with Crippen LogP contribution >= 0.6 is 0 Å². The number of esters is 1. The third-order valence-corrected chi connectivity index (χ3v) is 15.1. The first-order valence-corrected chi connectivity index (χ1v) is 25.7. The van der Waals surface area contributed by atoms with Crippen LogP contribution in [0.15, 0.2) is 67.0 Å². The molecule has 0 spiro atoms. The first-order valence-electron chi connectivity index (χ1n) is 25.7. The van der Waals surface area contributed by atoms with E-state index < -0.39 is 110 Å². The van der Waals surface area contributed by atoms with Crippen molar-refractivity contribution in [1.82, 2.24) is 19.6 Å². The Hall–Kier alpha value is -4.67. The lowest BCUT2D eigenvalue weighted by atomic mass is 9.75. The minimum absolute atomic E-state index is 0.0247. The fraction of sp³-hybridized carbons (Fsp3) is 0.642. The number of carboxylic acids is 1. The number of Topliss-reactive ketones (excluding diaryl/α,β-unsaturated/α-hetero) is 1. The van der Waals surface area contributed by atoms with Crippen LogP contribution in [-0.4, -0.2) is 154 Å². The van der Waals surface area contributed by atoms with E-state index in [0.717, 1.165) is 51.5 Å². The zero-order chi connectivity index (χ0) is 51.1. The molecule has 2 aliphatic heterocycles. The summed E-state index contributed by atoms with van der Waals surface area (Å²) in [7, 11) is 0. The number of ketones is 1.